The summed E-state index contributed by atoms with van der Waals surface area (Å²) >= 11 is 0. The average Bonchev–Trinajstić information content (AvgIpc) is 2.86. The summed E-state index contributed by atoms with van der Waals surface area (Å²) in [6.07, 6.45) is 4.89. The summed E-state index contributed by atoms with van der Waals surface area (Å²) in [5.74, 6) is 0.602. The molecule has 0 saturated heterocycles. The standard InChI is InChI=1S/C17H28N4O2/c1-12(2)7-6-8-15(22)21-10-9-14-13(11-18-20(14)5)16(21)17(23)19(3)4/h11-12,16H,6-10H2,1-5H3. The van der Waals surface area contributed by atoms with Gasteiger partial charge in [0.15, 0.2) is 0 Å². The molecule has 1 aromatic rings. The fourth-order valence-corrected chi connectivity index (χ4v) is 3.12. The molecule has 1 aliphatic heterocycles. The zero-order valence-electron chi connectivity index (χ0n) is 14.9. The van der Waals surface area contributed by atoms with Gasteiger partial charge in [-0.25, -0.2) is 0 Å². The Morgan fingerprint density at radius 3 is 2.70 bits per heavy atom. The van der Waals surface area contributed by atoms with E-state index in [9.17, 15) is 9.59 Å². The van der Waals surface area contributed by atoms with Crippen LogP contribution in [0.25, 0.3) is 0 Å². The first kappa shape index (κ1) is 17.5. The molecular formula is C17H28N4O2. The molecule has 0 spiro atoms. The lowest BCUT2D eigenvalue weighted by Crippen LogP contribution is -2.46. The first-order valence-corrected chi connectivity index (χ1v) is 8.34. The van der Waals surface area contributed by atoms with Crippen molar-refractivity contribution in [1.82, 2.24) is 19.6 Å². The molecule has 0 saturated carbocycles. The molecule has 23 heavy (non-hydrogen) atoms. The molecule has 6 nitrogen and oxygen atoms in total. The van der Waals surface area contributed by atoms with Crippen molar-refractivity contribution in [2.75, 3.05) is 20.6 Å². The van der Waals surface area contributed by atoms with E-state index in [0.717, 1.165) is 30.5 Å². The van der Waals surface area contributed by atoms with Crippen LogP contribution in [0.2, 0.25) is 0 Å². The van der Waals surface area contributed by atoms with Crippen LogP contribution in [0.1, 0.15) is 50.4 Å². The molecule has 2 heterocycles. The molecule has 128 valence electrons. The number of amides is 2. The van der Waals surface area contributed by atoms with Crippen LogP contribution in [0.4, 0.5) is 0 Å². The van der Waals surface area contributed by atoms with E-state index in [2.05, 4.69) is 18.9 Å². The second-order valence-electron chi connectivity index (χ2n) is 6.93. The van der Waals surface area contributed by atoms with Crippen LogP contribution >= 0.6 is 0 Å². The lowest BCUT2D eigenvalue weighted by molar-refractivity contribution is -0.145. The van der Waals surface area contributed by atoms with Crippen LogP contribution in [0.3, 0.4) is 0 Å². The smallest absolute Gasteiger partial charge is 0.249 e. The highest BCUT2D eigenvalue weighted by molar-refractivity contribution is 5.89. The summed E-state index contributed by atoms with van der Waals surface area (Å²) in [5.41, 5.74) is 1.92. The van der Waals surface area contributed by atoms with E-state index in [-0.39, 0.29) is 11.8 Å². The average molecular weight is 320 g/mol. The van der Waals surface area contributed by atoms with Crippen LogP contribution in [0, 0.1) is 5.92 Å². The van der Waals surface area contributed by atoms with Gasteiger partial charge in [0.2, 0.25) is 11.8 Å². The third-order valence-corrected chi connectivity index (χ3v) is 4.46. The van der Waals surface area contributed by atoms with Crippen LogP contribution in [0.15, 0.2) is 6.20 Å². The van der Waals surface area contributed by atoms with E-state index in [4.69, 9.17) is 0 Å². The Labute approximate surface area is 138 Å². The molecule has 1 atom stereocenters. The van der Waals surface area contributed by atoms with Gasteiger partial charge in [-0.15, -0.1) is 0 Å². The van der Waals surface area contributed by atoms with Gasteiger partial charge in [0.25, 0.3) is 0 Å². The SMILES string of the molecule is CC(C)CCCC(=O)N1CCc2c(cnn2C)C1C(=O)N(C)C. The van der Waals surface area contributed by atoms with Crippen molar-refractivity contribution in [1.29, 1.82) is 0 Å². The van der Waals surface area contributed by atoms with Gasteiger partial charge in [0.1, 0.15) is 6.04 Å². The Balaban J connectivity index is 2.21. The maximum Gasteiger partial charge on any atom is 0.249 e. The molecular weight excluding hydrogens is 292 g/mol. The van der Waals surface area contributed by atoms with Crippen molar-refractivity contribution in [2.24, 2.45) is 13.0 Å². The Bertz CT molecular complexity index is 577. The number of aryl methyl sites for hydroxylation is 1. The topological polar surface area (TPSA) is 58.4 Å². The van der Waals surface area contributed by atoms with Crippen molar-refractivity contribution in [3.8, 4) is 0 Å². The van der Waals surface area contributed by atoms with Gasteiger partial charge in [0, 0.05) is 51.8 Å². The van der Waals surface area contributed by atoms with Crippen LogP contribution in [0.5, 0.6) is 0 Å². The number of nitrogens with zero attached hydrogens (tertiary/aromatic N) is 4. The van der Waals surface area contributed by atoms with Crippen molar-refractivity contribution < 1.29 is 9.59 Å². The molecule has 0 bridgehead atoms. The summed E-state index contributed by atoms with van der Waals surface area (Å²) < 4.78 is 1.81. The van der Waals surface area contributed by atoms with Gasteiger partial charge in [-0.2, -0.15) is 5.10 Å². The maximum absolute atomic E-state index is 12.7. The number of hydrogen-bond acceptors (Lipinski definition) is 3. The van der Waals surface area contributed by atoms with Crippen molar-refractivity contribution in [3.05, 3.63) is 17.5 Å². The number of carbonyl (C=O) groups is 2. The Kier molecular flexibility index (Phi) is 5.44. The van der Waals surface area contributed by atoms with Gasteiger partial charge in [-0.3, -0.25) is 14.3 Å². The number of hydrogen-bond donors (Lipinski definition) is 0. The summed E-state index contributed by atoms with van der Waals surface area (Å²) in [4.78, 5) is 28.6. The van der Waals surface area contributed by atoms with Gasteiger partial charge >= 0.3 is 0 Å². The normalized spacial score (nSPS) is 17.3. The van der Waals surface area contributed by atoms with Crippen LogP contribution < -0.4 is 0 Å². The largest absolute Gasteiger partial charge is 0.347 e. The molecule has 0 N–H and O–H groups in total. The third kappa shape index (κ3) is 3.74. The fraction of sp³-hybridized carbons (Fsp3) is 0.706. The Morgan fingerprint density at radius 1 is 1.39 bits per heavy atom. The fourth-order valence-electron chi connectivity index (χ4n) is 3.12. The maximum atomic E-state index is 12.7. The third-order valence-electron chi connectivity index (χ3n) is 4.46. The van der Waals surface area contributed by atoms with Crippen molar-refractivity contribution in [2.45, 2.75) is 45.6 Å². The van der Waals surface area contributed by atoms with Gasteiger partial charge < -0.3 is 9.80 Å². The van der Waals surface area contributed by atoms with E-state index in [1.807, 2.05) is 11.7 Å². The van der Waals surface area contributed by atoms with E-state index < -0.39 is 6.04 Å². The van der Waals surface area contributed by atoms with Crippen LogP contribution in [-0.4, -0.2) is 52.0 Å². The highest BCUT2D eigenvalue weighted by Gasteiger charge is 2.38. The predicted octanol–water partition coefficient (Wildman–Crippen LogP) is 1.76. The minimum atomic E-state index is -0.533. The first-order valence-electron chi connectivity index (χ1n) is 8.34. The molecule has 0 radical (unpaired) electrons. The highest BCUT2D eigenvalue weighted by atomic mass is 16.2. The van der Waals surface area contributed by atoms with Gasteiger partial charge in [-0.1, -0.05) is 20.3 Å². The minimum absolute atomic E-state index is 0.0591. The molecule has 0 aromatic carbocycles. The summed E-state index contributed by atoms with van der Waals surface area (Å²) in [6, 6.07) is -0.533. The van der Waals surface area contributed by atoms with E-state index >= 15 is 0 Å². The zero-order chi connectivity index (χ0) is 17.1. The number of fused-ring (bicyclic) bond motifs is 1. The first-order chi connectivity index (χ1) is 10.8. The summed E-state index contributed by atoms with van der Waals surface area (Å²) in [6.45, 7) is 4.90. The number of aromatic nitrogens is 2. The quantitative estimate of drug-likeness (QED) is 0.830. The van der Waals surface area contributed by atoms with Gasteiger partial charge in [-0.05, 0) is 12.3 Å². The second kappa shape index (κ2) is 7.15. The van der Waals surface area contributed by atoms with E-state index in [1.54, 1.807) is 30.1 Å². The van der Waals surface area contributed by atoms with Crippen molar-refractivity contribution in [3.63, 3.8) is 0 Å². The van der Waals surface area contributed by atoms with E-state index in [1.165, 1.54) is 0 Å². The lowest BCUT2D eigenvalue weighted by Gasteiger charge is -2.36. The Morgan fingerprint density at radius 2 is 2.09 bits per heavy atom. The molecule has 1 unspecified atom stereocenters. The highest BCUT2D eigenvalue weighted by Crippen LogP contribution is 2.31. The molecule has 0 aliphatic carbocycles. The second-order valence-corrected chi connectivity index (χ2v) is 6.93. The summed E-state index contributed by atoms with van der Waals surface area (Å²) in [7, 11) is 5.35. The monoisotopic (exact) mass is 320 g/mol. The van der Waals surface area contributed by atoms with Crippen LogP contribution in [-0.2, 0) is 23.1 Å². The predicted molar refractivity (Wildman–Crippen MR) is 88.7 cm³/mol. The molecule has 1 aliphatic rings. The molecule has 2 rings (SSSR count). The minimum Gasteiger partial charge on any atom is -0.347 e. The molecule has 2 amide bonds. The lowest BCUT2D eigenvalue weighted by atomic mass is 9.96. The summed E-state index contributed by atoms with van der Waals surface area (Å²) in [5, 5.41) is 4.28. The molecule has 6 heteroatoms. The van der Waals surface area contributed by atoms with Gasteiger partial charge in [0.05, 0.1) is 6.20 Å². The number of carbonyl (C=O) groups excluding carboxylic acids is 2. The number of rotatable bonds is 5. The number of likely N-dealkylation sites (N-methyl/N-ethyl adjacent to an activating group) is 1. The molecule has 1 aromatic heterocycles. The molecule has 0 fully saturated rings. The van der Waals surface area contributed by atoms with E-state index in [0.29, 0.717) is 18.9 Å². The Hall–Kier alpha value is -1.85. The zero-order valence-corrected chi connectivity index (χ0v) is 14.9. The van der Waals surface area contributed by atoms with Crippen molar-refractivity contribution >= 4 is 11.8 Å².